The average Bonchev–Trinajstić information content (AvgIpc) is 3.59. The number of hydrogen-bond acceptors (Lipinski definition) is 2. The van der Waals surface area contributed by atoms with Gasteiger partial charge in [0.1, 0.15) is 5.41 Å². The SMILES string of the molecule is O=C(C#CC1(C(=C=C2c3ccccc3-c3ccccc32)C(=O)c2ccccc2)c2cc(Br)ccc2-c2ccc(Br)cc21)c1ccccc1. The van der Waals surface area contributed by atoms with E-state index in [1.807, 2.05) is 109 Å². The van der Waals surface area contributed by atoms with Gasteiger partial charge in [-0.3, -0.25) is 9.59 Å². The molecule has 0 aliphatic heterocycles. The second kappa shape index (κ2) is 12.1. The molecule has 0 aromatic heterocycles. The predicted octanol–water partition coefficient (Wildman–Crippen LogP) is 10.9. The number of carbonyl (C=O) groups excluding carboxylic acids is 2. The van der Waals surface area contributed by atoms with Gasteiger partial charge in [-0.2, -0.15) is 0 Å². The van der Waals surface area contributed by atoms with Crippen molar-refractivity contribution in [3.05, 3.63) is 199 Å². The van der Waals surface area contributed by atoms with Gasteiger partial charge in [0, 0.05) is 25.6 Å². The fourth-order valence-electron chi connectivity index (χ4n) is 6.88. The van der Waals surface area contributed by atoms with Crippen LogP contribution < -0.4 is 0 Å². The van der Waals surface area contributed by atoms with Crippen molar-refractivity contribution in [1.29, 1.82) is 0 Å². The lowest BCUT2D eigenvalue weighted by Gasteiger charge is -2.28. The Labute approximate surface area is 295 Å². The van der Waals surface area contributed by atoms with Crippen LogP contribution in [0.1, 0.15) is 43.0 Å². The Balaban J connectivity index is 1.55. The van der Waals surface area contributed by atoms with Crippen molar-refractivity contribution in [2.24, 2.45) is 0 Å². The molecule has 0 atom stereocenters. The molecule has 2 aliphatic carbocycles. The molecular formula is C44H24Br2O2. The zero-order chi connectivity index (χ0) is 32.8. The van der Waals surface area contributed by atoms with Crippen LogP contribution in [0.15, 0.2) is 166 Å². The largest absolute Gasteiger partial charge is 0.288 e. The zero-order valence-corrected chi connectivity index (χ0v) is 28.6. The fourth-order valence-corrected chi connectivity index (χ4v) is 7.60. The van der Waals surface area contributed by atoms with E-state index >= 15 is 4.79 Å². The van der Waals surface area contributed by atoms with Crippen LogP contribution in [0, 0.1) is 11.8 Å². The fraction of sp³-hybridized carbons (Fsp3) is 0.0227. The van der Waals surface area contributed by atoms with Crippen LogP contribution in [-0.2, 0) is 5.41 Å². The van der Waals surface area contributed by atoms with E-state index in [4.69, 9.17) is 0 Å². The maximum atomic E-state index is 15.2. The summed E-state index contributed by atoms with van der Waals surface area (Å²) in [5, 5.41) is 0. The van der Waals surface area contributed by atoms with Gasteiger partial charge >= 0.3 is 0 Å². The number of hydrogen-bond donors (Lipinski definition) is 0. The summed E-state index contributed by atoms with van der Waals surface area (Å²) in [6.45, 7) is 0. The van der Waals surface area contributed by atoms with Gasteiger partial charge < -0.3 is 0 Å². The highest BCUT2D eigenvalue weighted by Crippen LogP contribution is 2.55. The third-order valence-electron chi connectivity index (χ3n) is 9.03. The van der Waals surface area contributed by atoms with E-state index in [1.54, 1.807) is 12.1 Å². The number of ketones is 2. The molecule has 0 heterocycles. The number of rotatable bonds is 4. The van der Waals surface area contributed by atoms with Gasteiger partial charge in [0.25, 0.3) is 0 Å². The van der Waals surface area contributed by atoms with Gasteiger partial charge in [-0.15, -0.1) is 5.73 Å². The van der Waals surface area contributed by atoms with Crippen LogP contribution in [0.3, 0.4) is 0 Å². The molecule has 6 aromatic rings. The van der Waals surface area contributed by atoms with Gasteiger partial charge in [-0.1, -0.05) is 159 Å². The van der Waals surface area contributed by atoms with E-state index in [0.29, 0.717) is 16.7 Å². The molecule has 0 N–H and O–H groups in total. The second-order valence-electron chi connectivity index (χ2n) is 11.7. The van der Waals surface area contributed by atoms with Gasteiger partial charge in [0.2, 0.25) is 5.78 Å². The number of carbonyl (C=O) groups is 2. The molecule has 48 heavy (non-hydrogen) atoms. The van der Waals surface area contributed by atoms with Gasteiger partial charge in [0.15, 0.2) is 5.78 Å². The minimum absolute atomic E-state index is 0.217. The van der Waals surface area contributed by atoms with E-state index in [9.17, 15) is 4.79 Å². The van der Waals surface area contributed by atoms with E-state index in [1.165, 1.54) is 0 Å². The summed E-state index contributed by atoms with van der Waals surface area (Å²) < 4.78 is 1.67. The smallest absolute Gasteiger partial charge is 0.235 e. The zero-order valence-electron chi connectivity index (χ0n) is 25.4. The molecule has 2 nitrogen and oxygen atoms in total. The van der Waals surface area contributed by atoms with E-state index < -0.39 is 5.41 Å². The minimum Gasteiger partial charge on any atom is -0.288 e. The highest BCUT2D eigenvalue weighted by molar-refractivity contribution is 9.10. The van der Waals surface area contributed by atoms with Crippen molar-refractivity contribution in [1.82, 2.24) is 0 Å². The van der Waals surface area contributed by atoms with Crippen LogP contribution in [0.2, 0.25) is 0 Å². The maximum absolute atomic E-state index is 15.2. The molecule has 6 aromatic carbocycles. The molecule has 4 heteroatoms. The highest BCUT2D eigenvalue weighted by Gasteiger charge is 2.48. The van der Waals surface area contributed by atoms with E-state index in [-0.39, 0.29) is 11.6 Å². The van der Waals surface area contributed by atoms with Crippen molar-refractivity contribution >= 4 is 49.0 Å². The molecule has 0 saturated carbocycles. The first kappa shape index (κ1) is 30.1. The van der Waals surface area contributed by atoms with Crippen LogP contribution in [-0.4, -0.2) is 11.6 Å². The molecule has 0 amide bonds. The summed E-state index contributed by atoms with van der Waals surface area (Å²) in [5.74, 6) is 5.92. The van der Waals surface area contributed by atoms with Crippen molar-refractivity contribution in [3.8, 4) is 34.1 Å². The van der Waals surface area contributed by atoms with Crippen molar-refractivity contribution in [3.63, 3.8) is 0 Å². The first-order chi connectivity index (χ1) is 23.5. The van der Waals surface area contributed by atoms with Gasteiger partial charge in [-0.05, 0) is 74.7 Å². The van der Waals surface area contributed by atoms with E-state index in [0.717, 1.165) is 59.0 Å². The topological polar surface area (TPSA) is 34.1 Å². The maximum Gasteiger partial charge on any atom is 0.235 e. The number of allylic oxidation sites excluding steroid dienone is 1. The monoisotopic (exact) mass is 742 g/mol. The molecule has 0 bridgehead atoms. The van der Waals surface area contributed by atoms with Gasteiger partial charge in [-0.25, -0.2) is 0 Å². The van der Waals surface area contributed by atoms with Crippen LogP contribution in [0.25, 0.3) is 27.8 Å². The Morgan fingerprint density at radius 2 is 0.958 bits per heavy atom. The lowest BCUT2D eigenvalue weighted by molar-refractivity contribution is 0.102. The summed E-state index contributed by atoms with van der Waals surface area (Å²) >= 11 is 7.42. The van der Waals surface area contributed by atoms with E-state index in [2.05, 4.69) is 73.7 Å². The average molecular weight is 744 g/mol. The Morgan fingerprint density at radius 1 is 0.500 bits per heavy atom. The molecule has 2 aliphatic rings. The Morgan fingerprint density at radius 3 is 1.48 bits per heavy atom. The lowest BCUT2D eigenvalue weighted by Crippen LogP contribution is -2.31. The summed E-state index contributed by atoms with van der Waals surface area (Å²) in [6, 6.07) is 46.8. The summed E-state index contributed by atoms with van der Waals surface area (Å²) in [7, 11) is 0. The first-order valence-corrected chi connectivity index (χ1v) is 17.1. The summed E-state index contributed by atoms with van der Waals surface area (Å²) in [4.78, 5) is 28.9. The van der Waals surface area contributed by atoms with Crippen LogP contribution in [0.4, 0.5) is 0 Å². The molecule has 0 radical (unpaired) electrons. The standard InChI is InChI=1S/C44H24Br2O2/c45-30-19-21-36-37-22-20-31(46)26-40(37)44(39(36)25-30,24-23-42(47)28-11-3-1-4-12-28)41(43(48)29-13-5-2-6-14-29)27-38-34-17-9-7-15-32(34)33-16-8-10-18-35(33)38/h1-22,25-26H. The van der Waals surface area contributed by atoms with Crippen LogP contribution >= 0.6 is 31.9 Å². The van der Waals surface area contributed by atoms with Gasteiger partial charge in [0.05, 0.1) is 5.57 Å². The third-order valence-corrected chi connectivity index (χ3v) is 10.0. The van der Waals surface area contributed by atoms with Crippen molar-refractivity contribution < 1.29 is 9.59 Å². The number of halogens is 2. The normalized spacial score (nSPS) is 12.8. The molecule has 0 spiro atoms. The van der Waals surface area contributed by atoms with Crippen molar-refractivity contribution in [2.75, 3.05) is 0 Å². The predicted molar refractivity (Wildman–Crippen MR) is 199 cm³/mol. The summed E-state index contributed by atoms with van der Waals surface area (Å²) in [5.41, 5.74) is 12.2. The number of benzene rings is 6. The minimum atomic E-state index is -1.35. The molecule has 0 fully saturated rings. The lowest BCUT2D eigenvalue weighted by atomic mass is 9.70. The molecule has 8 rings (SSSR count). The molecular weight excluding hydrogens is 720 g/mol. The van der Waals surface area contributed by atoms with Crippen molar-refractivity contribution in [2.45, 2.75) is 5.41 Å². The second-order valence-corrected chi connectivity index (χ2v) is 13.6. The van der Waals surface area contributed by atoms with Crippen LogP contribution in [0.5, 0.6) is 0 Å². The Bertz CT molecular complexity index is 2340. The number of Topliss-reactive ketones (excluding diaryl/α,β-unsaturated/α-hetero) is 2. The molecule has 0 unspecified atom stereocenters. The third kappa shape index (κ3) is 4.88. The quantitative estimate of drug-likeness (QED) is 0.0591. The Hall–Kier alpha value is -5.30. The first-order valence-electron chi connectivity index (χ1n) is 15.5. The highest BCUT2D eigenvalue weighted by atomic mass is 79.9. The summed E-state index contributed by atoms with van der Waals surface area (Å²) in [6.07, 6.45) is 0. The molecule has 0 saturated heterocycles. The number of fused-ring (bicyclic) bond motifs is 6. The Kier molecular flexibility index (Phi) is 7.55. The molecule has 226 valence electrons.